The molecule has 1 aliphatic carbocycles. The molecule has 8 nitrogen and oxygen atoms in total. The summed E-state index contributed by atoms with van der Waals surface area (Å²) < 4.78 is 30.6. The van der Waals surface area contributed by atoms with Gasteiger partial charge in [0.2, 0.25) is 0 Å². The smallest absolute Gasteiger partial charge is 0.432 e. The topological polar surface area (TPSA) is 89.5 Å². The molecule has 0 N–H and O–H groups in total. The second-order valence-corrected chi connectivity index (χ2v) is 6.94. The molecule has 1 rings (SSSR count). The van der Waals surface area contributed by atoms with Gasteiger partial charge in [-0.2, -0.15) is 0 Å². The SMILES string of the molecule is COCCOC(=O)OC1CCCCCCCC(OC(=O)OCCOC)CCC1. The Kier molecular flexibility index (Phi) is 14.4. The van der Waals surface area contributed by atoms with E-state index in [0.29, 0.717) is 13.2 Å². The summed E-state index contributed by atoms with van der Waals surface area (Å²) in [6.45, 7) is 1.06. The van der Waals surface area contributed by atoms with Gasteiger partial charge in [0.25, 0.3) is 0 Å². The highest BCUT2D eigenvalue weighted by molar-refractivity contribution is 5.60. The molecule has 1 fully saturated rings. The molecule has 0 spiro atoms. The van der Waals surface area contributed by atoms with Crippen molar-refractivity contribution < 1.29 is 38.0 Å². The number of ether oxygens (including phenoxy) is 6. The minimum Gasteiger partial charge on any atom is -0.432 e. The predicted molar refractivity (Wildman–Crippen MR) is 102 cm³/mol. The lowest BCUT2D eigenvalue weighted by molar-refractivity contribution is -0.00269. The summed E-state index contributed by atoms with van der Waals surface area (Å²) in [7, 11) is 3.10. The largest absolute Gasteiger partial charge is 0.508 e. The molecule has 0 bridgehead atoms. The van der Waals surface area contributed by atoms with Crippen LogP contribution in [0.4, 0.5) is 9.59 Å². The van der Waals surface area contributed by atoms with Crippen molar-refractivity contribution in [1.29, 1.82) is 0 Å². The average molecular weight is 405 g/mol. The molecule has 0 aromatic heterocycles. The van der Waals surface area contributed by atoms with Crippen molar-refractivity contribution in [2.24, 2.45) is 0 Å². The minimum atomic E-state index is -0.649. The average Bonchev–Trinajstić information content (AvgIpc) is 2.65. The summed E-state index contributed by atoms with van der Waals surface area (Å²) in [6, 6.07) is 0. The number of carbonyl (C=O) groups is 2. The first-order chi connectivity index (χ1) is 13.7. The van der Waals surface area contributed by atoms with E-state index >= 15 is 0 Å². The lowest BCUT2D eigenvalue weighted by Gasteiger charge is -2.21. The van der Waals surface area contributed by atoms with Crippen LogP contribution in [0.1, 0.15) is 64.2 Å². The van der Waals surface area contributed by atoms with Gasteiger partial charge in [0.1, 0.15) is 25.4 Å². The van der Waals surface area contributed by atoms with Crippen molar-refractivity contribution in [2.45, 2.75) is 76.4 Å². The molecule has 0 radical (unpaired) electrons. The summed E-state index contributed by atoms with van der Waals surface area (Å²) in [5, 5.41) is 0. The van der Waals surface area contributed by atoms with Crippen molar-refractivity contribution >= 4 is 12.3 Å². The van der Waals surface area contributed by atoms with Gasteiger partial charge < -0.3 is 28.4 Å². The highest BCUT2D eigenvalue weighted by Gasteiger charge is 2.20. The molecule has 0 amide bonds. The maximum absolute atomic E-state index is 11.8. The van der Waals surface area contributed by atoms with Crippen LogP contribution in [0.25, 0.3) is 0 Å². The Labute approximate surface area is 168 Å². The normalized spacial score (nSPS) is 21.6. The van der Waals surface area contributed by atoms with Crippen LogP contribution >= 0.6 is 0 Å². The number of hydrogen-bond acceptors (Lipinski definition) is 8. The van der Waals surface area contributed by atoms with E-state index < -0.39 is 12.3 Å². The monoisotopic (exact) mass is 404 g/mol. The van der Waals surface area contributed by atoms with Gasteiger partial charge in [-0.05, 0) is 44.9 Å². The molecule has 0 heterocycles. The fraction of sp³-hybridized carbons (Fsp3) is 0.900. The second-order valence-electron chi connectivity index (χ2n) is 6.94. The van der Waals surface area contributed by atoms with Crippen LogP contribution in [-0.4, -0.2) is 65.2 Å². The Morgan fingerprint density at radius 1 is 0.607 bits per heavy atom. The number of methoxy groups -OCH3 is 2. The van der Waals surface area contributed by atoms with Gasteiger partial charge in [-0.1, -0.05) is 19.3 Å². The molecular weight excluding hydrogens is 368 g/mol. The predicted octanol–water partition coefficient (Wildman–Crippen LogP) is 4.24. The van der Waals surface area contributed by atoms with E-state index in [1.165, 1.54) is 0 Å². The molecule has 28 heavy (non-hydrogen) atoms. The summed E-state index contributed by atoms with van der Waals surface area (Å²) in [4.78, 5) is 23.6. The van der Waals surface area contributed by atoms with Gasteiger partial charge in [0.05, 0.1) is 13.2 Å². The van der Waals surface area contributed by atoms with E-state index in [1.807, 2.05) is 0 Å². The molecule has 164 valence electrons. The van der Waals surface area contributed by atoms with Gasteiger partial charge >= 0.3 is 12.3 Å². The van der Waals surface area contributed by atoms with Crippen molar-refractivity contribution in [3.63, 3.8) is 0 Å². The molecule has 0 aromatic rings. The summed E-state index contributed by atoms with van der Waals surface area (Å²) >= 11 is 0. The molecule has 1 saturated carbocycles. The quantitative estimate of drug-likeness (QED) is 0.438. The van der Waals surface area contributed by atoms with Gasteiger partial charge in [-0.15, -0.1) is 0 Å². The van der Waals surface area contributed by atoms with Gasteiger partial charge in [0, 0.05) is 14.2 Å². The summed E-state index contributed by atoms with van der Waals surface area (Å²) in [6.07, 6.45) is 7.61. The van der Waals surface area contributed by atoms with Crippen molar-refractivity contribution in [1.82, 2.24) is 0 Å². The van der Waals surface area contributed by atoms with Gasteiger partial charge in [-0.3, -0.25) is 0 Å². The molecule has 0 saturated heterocycles. The third-order valence-electron chi connectivity index (χ3n) is 4.64. The Balaban J connectivity index is 2.44. The Bertz CT molecular complexity index is 379. The molecule has 1 aliphatic rings. The zero-order valence-electron chi connectivity index (χ0n) is 17.3. The van der Waals surface area contributed by atoms with Gasteiger partial charge in [0.15, 0.2) is 0 Å². The number of carbonyl (C=O) groups excluding carboxylic acids is 2. The minimum absolute atomic E-state index is 0.177. The first-order valence-electron chi connectivity index (χ1n) is 10.3. The standard InChI is InChI=1S/C20H36O8/c1-23-13-15-25-19(21)27-17-9-6-4-3-5-7-10-18(12-8-11-17)28-20(22)26-16-14-24-2/h17-18H,3-16H2,1-2H3. The first-order valence-corrected chi connectivity index (χ1v) is 10.3. The second kappa shape index (κ2) is 16.4. The molecular formula is C20H36O8. The van der Waals surface area contributed by atoms with Crippen molar-refractivity contribution in [2.75, 3.05) is 40.6 Å². The molecule has 2 atom stereocenters. The zero-order chi connectivity index (χ0) is 20.5. The van der Waals surface area contributed by atoms with E-state index in [-0.39, 0.29) is 25.4 Å². The number of rotatable bonds is 8. The lowest BCUT2D eigenvalue weighted by Crippen LogP contribution is -2.23. The Morgan fingerprint density at radius 2 is 1.00 bits per heavy atom. The third kappa shape index (κ3) is 12.8. The molecule has 0 aromatic carbocycles. The Hall–Kier alpha value is -1.54. The van der Waals surface area contributed by atoms with Crippen LogP contribution in [0.2, 0.25) is 0 Å². The van der Waals surface area contributed by atoms with Crippen molar-refractivity contribution in [3.8, 4) is 0 Å². The Morgan fingerprint density at radius 3 is 1.43 bits per heavy atom. The number of hydrogen-bond donors (Lipinski definition) is 0. The van der Waals surface area contributed by atoms with Crippen LogP contribution in [0.15, 0.2) is 0 Å². The first kappa shape index (κ1) is 24.5. The summed E-state index contributed by atoms with van der Waals surface area (Å²) in [5.41, 5.74) is 0. The third-order valence-corrected chi connectivity index (χ3v) is 4.64. The van der Waals surface area contributed by atoms with Crippen LogP contribution in [0.5, 0.6) is 0 Å². The van der Waals surface area contributed by atoms with E-state index in [1.54, 1.807) is 14.2 Å². The highest BCUT2D eigenvalue weighted by Crippen LogP contribution is 2.21. The fourth-order valence-electron chi connectivity index (χ4n) is 3.13. The van der Waals surface area contributed by atoms with Crippen LogP contribution in [0, 0.1) is 0 Å². The van der Waals surface area contributed by atoms with E-state index in [0.717, 1.165) is 64.2 Å². The zero-order valence-corrected chi connectivity index (χ0v) is 17.3. The van der Waals surface area contributed by atoms with Crippen molar-refractivity contribution in [3.05, 3.63) is 0 Å². The molecule has 0 aliphatic heterocycles. The fourth-order valence-corrected chi connectivity index (χ4v) is 3.13. The maximum atomic E-state index is 11.8. The van der Waals surface area contributed by atoms with E-state index in [4.69, 9.17) is 28.4 Å². The van der Waals surface area contributed by atoms with E-state index in [2.05, 4.69) is 0 Å². The summed E-state index contributed by atoms with van der Waals surface area (Å²) in [5.74, 6) is 0. The highest BCUT2D eigenvalue weighted by atomic mass is 16.7. The van der Waals surface area contributed by atoms with Crippen LogP contribution < -0.4 is 0 Å². The maximum Gasteiger partial charge on any atom is 0.508 e. The van der Waals surface area contributed by atoms with Crippen LogP contribution in [-0.2, 0) is 28.4 Å². The molecule has 2 unspecified atom stereocenters. The van der Waals surface area contributed by atoms with Gasteiger partial charge in [-0.25, -0.2) is 9.59 Å². The lowest BCUT2D eigenvalue weighted by atomic mass is 9.98. The van der Waals surface area contributed by atoms with E-state index in [9.17, 15) is 9.59 Å². The molecule has 8 heteroatoms. The van der Waals surface area contributed by atoms with Crippen LogP contribution in [0.3, 0.4) is 0 Å².